The minimum absolute atomic E-state index is 0.582. The Hall–Kier alpha value is -2.47. The van der Waals surface area contributed by atoms with Crippen LogP contribution in [0.25, 0.3) is 0 Å². The minimum Gasteiger partial charge on any atom is -0.486 e. The zero-order valence-electron chi connectivity index (χ0n) is 15.4. The average molecular weight is 384 g/mol. The summed E-state index contributed by atoms with van der Waals surface area (Å²) in [6.07, 6.45) is 3.46. The van der Waals surface area contributed by atoms with Crippen molar-refractivity contribution in [1.29, 1.82) is 0 Å². The predicted octanol–water partition coefficient (Wildman–Crippen LogP) is 3.59. The maximum Gasteiger partial charge on any atom is 0.170 e. The van der Waals surface area contributed by atoms with Gasteiger partial charge in [0, 0.05) is 37.1 Å². The Kier molecular flexibility index (Phi) is 5.63. The molecule has 0 unspecified atom stereocenters. The van der Waals surface area contributed by atoms with Crippen LogP contribution in [0.1, 0.15) is 18.4 Å². The molecule has 2 aliphatic rings. The lowest BCUT2D eigenvalue weighted by atomic mass is 10.0. The fourth-order valence-electron chi connectivity index (χ4n) is 3.61. The van der Waals surface area contributed by atoms with Gasteiger partial charge in [-0.05, 0) is 55.2 Å². The number of aryl methyl sites for hydroxylation is 1. The highest BCUT2D eigenvalue weighted by Gasteiger charge is 2.15. The van der Waals surface area contributed by atoms with Crippen molar-refractivity contribution in [2.24, 2.45) is 0 Å². The summed E-state index contributed by atoms with van der Waals surface area (Å²) < 4.78 is 11.1. The first-order valence-electron chi connectivity index (χ1n) is 9.57. The second-order valence-corrected chi connectivity index (χ2v) is 7.22. The zero-order chi connectivity index (χ0) is 18.5. The van der Waals surface area contributed by atoms with Crippen LogP contribution in [0.2, 0.25) is 0 Å². The number of fused-ring (bicyclic) bond motifs is 2. The lowest BCUT2D eigenvalue weighted by Crippen LogP contribution is -2.34. The van der Waals surface area contributed by atoms with E-state index in [4.69, 9.17) is 21.7 Å². The van der Waals surface area contributed by atoms with Crippen molar-refractivity contribution in [3.63, 3.8) is 0 Å². The molecule has 142 valence electrons. The molecule has 0 fully saturated rings. The van der Waals surface area contributed by atoms with Gasteiger partial charge in [0.25, 0.3) is 0 Å². The Labute approximate surface area is 165 Å². The van der Waals surface area contributed by atoms with Crippen LogP contribution in [0.3, 0.4) is 0 Å². The second kappa shape index (κ2) is 8.48. The highest BCUT2D eigenvalue weighted by atomic mass is 32.1. The third-order valence-electron chi connectivity index (χ3n) is 4.90. The van der Waals surface area contributed by atoms with Gasteiger partial charge in [-0.15, -0.1) is 0 Å². The standard InChI is InChI=1S/C21H25N3O2S/c27-21(23-17-8-9-19-20(15-17)26-14-13-25-19)22-10-4-12-24-11-3-6-16-5-1-2-7-18(16)24/h1-2,5,7-9,15H,3-4,6,10-14H2,(H2,22,23,27). The molecule has 0 aromatic heterocycles. The van der Waals surface area contributed by atoms with E-state index in [1.54, 1.807) is 0 Å². The second-order valence-electron chi connectivity index (χ2n) is 6.81. The van der Waals surface area contributed by atoms with E-state index in [1.807, 2.05) is 18.2 Å². The van der Waals surface area contributed by atoms with Crippen molar-refractivity contribution in [3.8, 4) is 11.5 Å². The van der Waals surface area contributed by atoms with Crippen LogP contribution < -0.4 is 25.0 Å². The molecule has 4 rings (SSSR count). The summed E-state index contributed by atoms with van der Waals surface area (Å²) in [4.78, 5) is 2.48. The molecule has 2 aromatic carbocycles. The fourth-order valence-corrected chi connectivity index (χ4v) is 3.83. The van der Waals surface area contributed by atoms with E-state index in [9.17, 15) is 0 Å². The third-order valence-corrected chi connectivity index (χ3v) is 5.14. The normalized spacial score (nSPS) is 15.0. The van der Waals surface area contributed by atoms with E-state index in [1.165, 1.54) is 24.1 Å². The fraction of sp³-hybridized carbons (Fsp3) is 0.381. The molecular formula is C21H25N3O2S. The van der Waals surface area contributed by atoms with Crippen LogP contribution in [0.4, 0.5) is 11.4 Å². The summed E-state index contributed by atoms with van der Waals surface area (Å²) in [5.41, 5.74) is 3.76. The van der Waals surface area contributed by atoms with Crippen LogP contribution in [0, 0.1) is 0 Å². The molecule has 0 saturated carbocycles. The zero-order valence-corrected chi connectivity index (χ0v) is 16.2. The highest BCUT2D eigenvalue weighted by molar-refractivity contribution is 7.80. The van der Waals surface area contributed by atoms with Crippen molar-refractivity contribution < 1.29 is 9.47 Å². The van der Waals surface area contributed by atoms with Crippen LogP contribution >= 0.6 is 12.2 Å². The molecule has 0 saturated heterocycles. The third kappa shape index (κ3) is 4.45. The van der Waals surface area contributed by atoms with Crippen molar-refractivity contribution in [1.82, 2.24) is 5.32 Å². The van der Waals surface area contributed by atoms with Gasteiger partial charge in [0.1, 0.15) is 13.2 Å². The Morgan fingerprint density at radius 2 is 1.93 bits per heavy atom. The van der Waals surface area contributed by atoms with E-state index < -0.39 is 0 Å². The summed E-state index contributed by atoms with van der Waals surface area (Å²) >= 11 is 5.42. The van der Waals surface area contributed by atoms with Gasteiger partial charge in [0.15, 0.2) is 16.6 Å². The first-order chi connectivity index (χ1) is 13.3. The molecule has 2 aliphatic heterocycles. The van der Waals surface area contributed by atoms with Gasteiger partial charge < -0.3 is 25.0 Å². The van der Waals surface area contributed by atoms with E-state index in [0.29, 0.717) is 18.3 Å². The largest absolute Gasteiger partial charge is 0.486 e. The quantitative estimate of drug-likeness (QED) is 0.608. The molecule has 27 heavy (non-hydrogen) atoms. The van der Waals surface area contributed by atoms with Crippen LogP contribution in [-0.2, 0) is 6.42 Å². The summed E-state index contributed by atoms with van der Waals surface area (Å²) in [6.45, 7) is 4.20. The van der Waals surface area contributed by atoms with Crippen LogP contribution in [0.15, 0.2) is 42.5 Å². The summed E-state index contributed by atoms with van der Waals surface area (Å²) in [7, 11) is 0. The molecule has 2 aromatic rings. The topological polar surface area (TPSA) is 45.8 Å². The number of ether oxygens (including phenoxy) is 2. The van der Waals surface area contributed by atoms with Gasteiger partial charge in [-0.2, -0.15) is 0 Å². The smallest absolute Gasteiger partial charge is 0.170 e. The number of hydrogen-bond acceptors (Lipinski definition) is 4. The number of thiocarbonyl (C=S) groups is 1. The number of nitrogens with zero attached hydrogens (tertiary/aromatic N) is 1. The highest BCUT2D eigenvalue weighted by Crippen LogP contribution is 2.32. The number of hydrogen-bond donors (Lipinski definition) is 2. The summed E-state index contributed by atoms with van der Waals surface area (Å²) in [5, 5.41) is 7.14. The molecule has 0 aliphatic carbocycles. The van der Waals surface area contributed by atoms with E-state index in [2.05, 4.69) is 39.8 Å². The molecule has 2 N–H and O–H groups in total. The molecule has 0 amide bonds. The Morgan fingerprint density at radius 1 is 1.07 bits per heavy atom. The monoisotopic (exact) mass is 383 g/mol. The molecular weight excluding hydrogens is 358 g/mol. The lowest BCUT2D eigenvalue weighted by molar-refractivity contribution is 0.171. The van der Waals surface area contributed by atoms with Gasteiger partial charge >= 0.3 is 0 Å². The van der Waals surface area contributed by atoms with Gasteiger partial charge in [0.05, 0.1) is 0 Å². The number of nitrogens with one attached hydrogen (secondary N) is 2. The number of rotatable bonds is 5. The molecule has 2 heterocycles. The maximum atomic E-state index is 5.61. The number of benzene rings is 2. The maximum absolute atomic E-state index is 5.61. The van der Waals surface area contributed by atoms with Gasteiger partial charge in [0.2, 0.25) is 0 Å². The molecule has 0 atom stereocenters. The number of anilines is 2. The van der Waals surface area contributed by atoms with Gasteiger partial charge in [-0.3, -0.25) is 0 Å². The molecule has 6 heteroatoms. The predicted molar refractivity (Wildman–Crippen MR) is 113 cm³/mol. The lowest BCUT2D eigenvalue weighted by Gasteiger charge is -2.31. The van der Waals surface area contributed by atoms with E-state index >= 15 is 0 Å². The van der Waals surface area contributed by atoms with Crippen molar-refractivity contribution in [2.45, 2.75) is 19.3 Å². The molecule has 5 nitrogen and oxygen atoms in total. The summed E-state index contributed by atoms with van der Waals surface area (Å²) in [5.74, 6) is 1.55. The van der Waals surface area contributed by atoms with E-state index in [0.717, 1.165) is 43.2 Å². The van der Waals surface area contributed by atoms with Crippen molar-refractivity contribution >= 4 is 28.7 Å². The molecule has 0 radical (unpaired) electrons. The van der Waals surface area contributed by atoms with Crippen molar-refractivity contribution in [3.05, 3.63) is 48.0 Å². The Morgan fingerprint density at radius 3 is 2.85 bits per heavy atom. The SMILES string of the molecule is S=C(NCCCN1CCCc2ccccc21)Nc1ccc2c(c1)OCCO2. The van der Waals surface area contributed by atoms with Crippen LogP contribution in [-0.4, -0.2) is 38.0 Å². The first-order valence-corrected chi connectivity index (χ1v) is 9.98. The van der Waals surface area contributed by atoms with Crippen molar-refractivity contribution in [2.75, 3.05) is 43.1 Å². The van der Waals surface area contributed by atoms with Crippen LogP contribution in [0.5, 0.6) is 11.5 Å². The molecule has 0 bridgehead atoms. The van der Waals surface area contributed by atoms with Gasteiger partial charge in [-0.1, -0.05) is 18.2 Å². The Balaban J connectivity index is 1.22. The molecule has 0 spiro atoms. The van der Waals surface area contributed by atoms with E-state index in [-0.39, 0.29) is 0 Å². The average Bonchev–Trinajstić information content (AvgIpc) is 2.71. The first kappa shape index (κ1) is 17.9. The van der Waals surface area contributed by atoms with Gasteiger partial charge in [-0.25, -0.2) is 0 Å². The summed E-state index contributed by atoms with van der Waals surface area (Å²) in [6, 6.07) is 14.5. The Bertz CT molecular complexity index is 812. The number of para-hydroxylation sites is 1. The minimum atomic E-state index is 0.582.